The van der Waals surface area contributed by atoms with Gasteiger partial charge in [-0.15, -0.1) is 0 Å². The summed E-state index contributed by atoms with van der Waals surface area (Å²) in [6.07, 6.45) is 0. The maximum atomic E-state index is 5.54. The van der Waals surface area contributed by atoms with Crippen LogP contribution in [0.4, 0.5) is 0 Å². The highest BCUT2D eigenvalue weighted by Gasteiger charge is 2.02. The Balaban J connectivity index is 2.02. The van der Waals surface area contributed by atoms with E-state index < -0.39 is 0 Å². The first-order valence-corrected chi connectivity index (χ1v) is 5.50. The molecule has 2 rings (SSSR count). The lowest BCUT2D eigenvalue weighted by atomic mass is 10.1. The zero-order valence-corrected chi connectivity index (χ0v) is 9.54. The normalized spacial score (nSPS) is 10.3. The van der Waals surface area contributed by atoms with E-state index in [-0.39, 0.29) is 0 Å². The summed E-state index contributed by atoms with van der Waals surface area (Å²) >= 11 is 1.29. The van der Waals surface area contributed by atoms with Crippen molar-refractivity contribution >= 4 is 11.5 Å². The molecule has 0 radical (unpaired) electrons. The highest BCUT2D eigenvalue weighted by molar-refractivity contribution is 7.07. The third-order valence-corrected chi connectivity index (χ3v) is 2.84. The molecule has 3 nitrogen and oxygen atoms in total. The van der Waals surface area contributed by atoms with Gasteiger partial charge in [-0.3, -0.25) is 0 Å². The minimum Gasteiger partial charge on any atom is -0.464 e. The van der Waals surface area contributed by atoms with Crippen molar-refractivity contribution in [2.45, 2.75) is 20.5 Å². The molecule has 0 saturated carbocycles. The molecule has 0 aliphatic heterocycles. The topological polar surface area (TPSA) is 35.0 Å². The Bertz CT molecular complexity index is 453. The van der Waals surface area contributed by atoms with E-state index in [4.69, 9.17) is 4.74 Å². The van der Waals surface area contributed by atoms with Crippen LogP contribution >= 0.6 is 11.5 Å². The summed E-state index contributed by atoms with van der Waals surface area (Å²) in [5.41, 5.74) is 2.42. The predicted octanol–water partition coefficient (Wildman–Crippen LogP) is 2.73. The van der Waals surface area contributed by atoms with Crippen molar-refractivity contribution in [1.29, 1.82) is 0 Å². The summed E-state index contributed by atoms with van der Waals surface area (Å²) in [6.45, 7) is 4.49. The molecule has 0 saturated heterocycles. The molecule has 0 amide bonds. The number of benzene rings is 1. The molecule has 4 heteroatoms. The second kappa shape index (κ2) is 4.40. The molecule has 0 unspecified atom stereocenters. The summed E-state index contributed by atoms with van der Waals surface area (Å²) in [6, 6.07) is 8.16. The Morgan fingerprint density at radius 3 is 2.73 bits per heavy atom. The van der Waals surface area contributed by atoms with Crippen LogP contribution in [0.15, 0.2) is 24.3 Å². The Labute approximate surface area is 92.9 Å². The van der Waals surface area contributed by atoms with Gasteiger partial charge < -0.3 is 4.74 Å². The van der Waals surface area contributed by atoms with Crippen LogP contribution in [0.25, 0.3) is 0 Å². The lowest BCUT2D eigenvalue weighted by Gasteiger charge is -2.04. The number of aromatic nitrogens is 2. The van der Waals surface area contributed by atoms with Gasteiger partial charge >= 0.3 is 0 Å². The number of hydrogen-bond acceptors (Lipinski definition) is 4. The van der Waals surface area contributed by atoms with Gasteiger partial charge in [-0.2, -0.15) is 9.36 Å². The van der Waals surface area contributed by atoms with Gasteiger partial charge in [0, 0.05) is 11.5 Å². The van der Waals surface area contributed by atoms with E-state index in [1.165, 1.54) is 22.7 Å². The van der Waals surface area contributed by atoms with Gasteiger partial charge in [0.1, 0.15) is 12.4 Å². The molecule has 1 heterocycles. The lowest BCUT2D eigenvalue weighted by Crippen LogP contribution is -1.97. The van der Waals surface area contributed by atoms with E-state index in [0.717, 1.165) is 5.82 Å². The smallest absolute Gasteiger partial charge is 0.293 e. The molecule has 78 valence electrons. The molecule has 0 aliphatic carbocycles. The first-order chi connectivity index (χ1) is 7.25. The summed E-state index contributed by atoms with van der Waals surface area (Å²) in [5.74, 6) is 0.764. The standard InChI is InChI=1S/C11H12N2OS/c1-8-5-3-4-6-10(8)7-14-11-12-9(2)13-15-11/h3-6H,7H2,1-2H3. The highest BCUT2D eigenvalue weighted by Crippen LogP contribution is 2.16. The van der Waals surface area contributed by atoms with E-state index in [1.807, 2.05) is 19.1 Å². The molecule has 0 aliphatic rings. The molecule has 0 N–H and O–H groups in total. The van der Waals surface area contributed by atoms with Gasteiger partial charge in [-0.1, -0.05) is 24.3 Å². The second-order valence-electron chi connectivity index (χ2n) is 3.32. The molecule has 15 heavy (non-hydrogen) atoms. The third-order valence-electron chi connectivity index (χ3n) is 2.12. The quantitative estimate of drug-likeness (QED) is 0.797. The van der Waals surface area contributed by atoms with E-state index >= 15 is 0 Å². The van der Waals surface area contributed by atoms with E-state index in [9.17, 15) is 0 Å². The molecule has 0 spiro atoms. The lowest BCUT2D eigenvalue weighted by molar-refractivity contribution is 0.303. The van der Waals surface area contributed by atoms with Crippen LogP contribution in [0.5, 0.6) is 5.19 Å². The monoisotopic (exact) mass is 220 g/mol. The van der Waals surface area contributed by atoms with Crippen LogP contribution in [0.1, 0.15) is 17.0 Å². The van der Waals surface area contributed by atoms with Crippen LogP contribution in [0, 0.1) is 13.8 Å². The van der Waals surface area contributed by atoms with E-state index in [1.54, 1.807) is 0 Å². The van der Waals surface area contributed by atoms with Crippen LogP contribution in [-0.4, -0.2) is 9.36 Å². The van der Waals surface area contributed by atoms with Crippen molar-refractivity contribution in [3.05, 3.63) is 41.2 Å². The first kappa shape index (κ1) is 10.1. The minimum atomic E-state index is 0.557. The van der Waals surface area contributed by atoms with E-state index in [0.29, 0.717) is 11.8 Å². The van der Waals surface area contributed by atoms with Crippen molar-refractivity contribution in [1.82, 2.24) is 9.36 Å². The van der Waals surface area contributed by atoms with Gasteiger partial charge in [-0.25, -0.2) is 0 Å². The van der Waals surface area contributed by atoms with Crippen molar-refractivity contribution in [2.75, 3.05) is 0 Å². The number of hydrogen-bond donors (Lipinski definition) is 0. The third kappa shape index (κ3) is 2.53. The SMILES string of the molecule is Cc1nsc(OCc2ccccc2C)n1. The Hall–Kier alpha value is -1.42. The highest BCUT2D eigenvalue weighted by atomic mass is 32.1. The predicted molar refractivity (Wildman–Crippen MR) is 60.2 cm³/mol. The number of aryl methyl sites for hydroxylation is 2. The van der Waals surface area contributed by atoms with Gasteiger partial charge in [0.05, 0.1) is 0 Å². The summed E-state index contributed by atoms with van der Waals surface area (Å²) in [7, 11) is 0. The fraction of sp³-hybridized carbons (Fsp3) is 0.273. The number of rotatable bonds is 3. The number of nitrogens with zero attached hydrogens (tertiary/aromatic N) is 2. The summed E-state index contributed by atoms with van der Waals surface area (Å²) in [4.78, 5) is 4.14. The van der Waals surface area contributed by atoms with Crippen LogP contribution in [0.2, 0.25) is 0 Å². The van der Waals surface area contributed by atoms with E-state index in [2.05, 4.69) is 28.4 Å². The minimum absolute atomic E-state index is 0.557. The maximum Gasteiger partial charge on any atom is 0.293 e. The first-order valence-electron chi connectivity index (χ1n) is 4.73. The van der Waals surface area contributed by atoms with Gasteiger partial charge in [-0.05, 0) is 25.0 Å². The molecular weight excluding hydrogens is 208 g/mol. The zero-order valence-electron chi connectivity index (χ0n) is 8.73. The largest absolute Gasteiger partial charge is 0.464 e. The number of ether oxygens (including phenoxy) is 1. The van der Waals surface area contributed by atoms with Crippen LogP contribution in [-0.2, 0) is 6.61 Å². The van der Waals surface area contributed by atoms with Crippen molar-refractivity contribution < 1.29 is 4.74 Å². The molecular formula is C11H12N2OS. The fourth-order valence-electron chi connectivity index (χ4n) is 1.25. The molecule has 2 aromatic rings. The summed E-state index contributed by atoms with van der Waals surface area (Å²) in [5, 5.41) is 0.635. The average molecular weight is 220 g/mol. The van der Waals surface area contributed by atoms with Gasteiger partial charge in [0.15, 0.2) is 0 Å². The molecule has 0 fully saturated rings. The van der Waals surface area contributed by atoms with Crippen molar-refractivity contribution in [2.24, 2.45) is 0 Å². The molecule has 1 aromatic carbocycles. The van der Waals surface area contributed by atoms with Gasteiger partial charge in [0.2, 0.25) is 0 Å². The van der Waals surface area contributed by atoms with Gasteiger partial charge in [0.25, 0.3) is 5.19 Å². The molecule has 1 aromatic heterocycles. The average Bonchev–Trinajstić information content (AvgIpc) is 2.63. The van der Waals surface area contributed by atoms with Crippen LogP contribution in [0.3, 0.4) is 0 Å². The van der Waals surface area contributed by atoms with Crippen LogP contribution < -0.4 is 4.74 Å². The summed E-state index contributed by atoms with van der Waals surface area (Å²) < 4.78 is 9.60. The fourth-order valence-corrected chi connectivity index (χ4v) is 1.78. The molecule has 0 atom stereocenters. The van der Waals surface area contributed by atoms with Crippen molar-refractivity contribution in [3.63, 3.8) is 0 Å². The maximum absolute atomic E-state index is 5.54. The Kier molecular flexibility index (Phi) is 2.97. The second-order valence-corrected chi connectivity index (χ2v) is 4.04. The zero-order chi connectivity index (χ0) is 10.7. The van der Waals surface area contributed by atoms with Crippen molar-refractivity contribution in [3.8, 4) is 5.19 Å². The Morgan fingerprint density at radius 2 is 2.07 bits per heavy atom. The molecule has 0 bridgehead atoms. The Morgan fingerprint density at radius 1 is 1.27 bits per heavy atom.